The predicted molar refractivity (Wildman–Crippen MR) is 78.7 cm³/mol. The first-order valence-electron chi connectivity index (χ1n) is 6.11. The van der Waals surface area contributed by atoms with Gasteiger partial charge >= 0.3 is 0 Å². The van der Waals surface area contributed by atoms with E-state index >= 15 is 0 Å². The Morgan fingerprint density at radius 3 is 2.47 bits per heavy atom. The molecule has 1 aromatic heterocycles. The van der Waals surface area contributed by atoms with Gasteiger partial charge in [0.2, 0.25) is 0 Å². The number of anilines is 1. The van der Waals surface area contributed by atoms with Crippen molar-refractivity contribution in [2.45, 2.75) is 19.8 Å². The Morgan fingerprint density at radius 2 is 2.00 bits per heavy atom. The monoisotopic (exact) mass is 279 g/mol. The highest BCUT2D eigenvalue weighted by Crippen LogP contribution is 2.40. The second-order valence-corrected chi connectivity index (χ2v) is 5.23. The van der Waals surface area contributed by atoms with Crippen LogP contribution in [-0.4, -0.2) is 16.9 Å². The molecule has 2 aromatic rings. The zero-order valence-corrected chi connectivity index (χ0v) is 12.3. The van der Waals surface area contributed by atoms with E-state index in [1.54, 1.807) is 25.0 Å². The summed E-state index contributed by atoms with van der Waals surface area (Å²) in [6, 6.07) is 3.79. The van der Waals surface area contributed by atoms with Crippen LogP contribution in [0, 0.1) is 0 Å². The van der Waals surface area contributed by atoms with Gasteiger partial charge in [-0.2, -0.15) is 5.10 Å². The van der Waals surface area contributed by atoms with Gasteiger partial charge in [-0.3, -0.25) is 4.68 Å². The topological polar surface area (TPSA) is 53.1 Å². The third kappa shape index (κ3) is 2.40. The summed E-state index contributed by atoms with van der Waals surface area (Å²) in [5.74, 6) is 1.71. The molecule has 2 N–H and O–H groups in total. The van der Waals surface area contributed by atoms with Gasteiger partial charge in [0.15, 0.2) is 0 Å². The van der Waals surface area contributed by atoms with E-state index in [1.807, 2.05) is 12.1 Å². The van der Waals surface area contributed by atoms with Gasteiger partial charge in [-0.25, -0.2) is 0 Å². The quantitative estimate of drug-likeness (QED) is 0.936. The molecule has 5 heteroatoms. The van der Waals surface area contributed by atoms with Crippen LogP contribution in [0.2, 0.25) is 5.02 Å². The van der Waals surface area contributed by atoms with Crippen LogP contribution in [0.5, 0.6) is 5.75 Å². The number of methoxy groups -OCH3 is 1. The third-order valence-electron chi connectivity index (χ3n) is 3.18. The molecule has 1 heterocycles. The van der Waals surface area contributed by atoms with E-state index in [-0.39, 0.29) is 0 Å². The van der Waals surface area contributed by atoms with E-state index in [4.69, 9.17) is 22.1 Å². The third-order valence-corrected chi connectivity index (χ3v) is 3.40. The minimum Gasteiger partial charge on any atom is -0.496 e. The number of ether oxygens (including phenoxy) is 1. The van der Waals surface area contributed by atoms with Crippen molar-refractivity contribution in [2.75, 3.05) is 12.8 Å². The van der Waals surface area contributed by atoms with Gasteiger partial charge in [0.25, 0.3) is 0 Å². The van der Waals surface area contributed by atoms with Crippen LogP contribution in [-0.2, 0) is 7.05 Å². The highest BCUT2D eigenvalue weighted by atomic mass is 35.5. The minimum absolute atomic E-state index is 0.310. The molecule has 102 valence electrons. The van der Waals surface area contributed by atoms with Crippen LogP contribution in [0.4, 0.5) is 5.82 Å². The van der Waals surface area contributed by atoms with Crippen LogP contribution >= 0.6 is 11.6 Å². The van der Waals surface area contributed by atoms with Crippen LogP contribution in [0.25, 0.3) is 11.1 Å². The number of rotatable bonds is 3. The number of nitrogen functional groups attached to an aromatic ring is 1. The van der Waals surface area contributed by atoms with Crippen molar-refractivity contribution < 1.29 is 4.74 Å². The summed E-state index contributed by atoms with van der Waals surface area (Å²) in [5, 5.41) is 4.83. The fraction of sp³-hybridized carbons (Fsp3) is 0.357. The Balaban J connectivity index is 2.72. The molecule has 0 saturated heterocycles. The number of halogens is 1. The standard InChI is InChI=1S/C14H18ClN3O/c1-8(2)10-5-9(15)6-11(13(10)19-4)12-7-17-18(3)14(12)16/h5-8H,16H2,1-4H3. The van der Waals surface area contributed by atoms with Crippen molar-refractivity contribution in [1.82, 2.24) is 9.78 Å². The molecule has 0 atom stereocenters. The minimum atomic E-state index is 0.310. The zero-order valence-electron chi connectivity index (χ0n) is 11.6. The highest BCUT2D eigenvalue weighted by molar-refractivity contribution is 6.31. The van der Waals surface area contributed by atoms with Crippen molar-refractivity contribution in [3.8, 4) is 16.9 Å². The Bertz CT molecular complexity index is 605. The number of aromatic nitrogens is 2. The zero-order chi connectivity index (χ0) is 14.2. The van der Waals surface area contributed by atoms with Gasteiger partial charge in [0.05, 0.1) is 13.3 Å². The molecule has 2 rings (SSSR count). The van der Waals surface area contributed by atoms with E-state index in [0.29, 0.717) is 16.8 Å². The highest BCUT2D eigenvalue weighted by Gasteiger charge is 2.18. The molecular weight excluding hydrogens is 262 g/mol. The van der Waals surface area contributed by atoms with Crippen molar-refractivity contribution >= 4 is 17.4 Å². The molecule has 0 amide bonds. The predicted octanol–water partition coefficient (Wildman–Crippen LogP) is 3.45. The first kappa shape index (κ1) is 13.7. The van der Waals surface area contributed by atoms with E-state index in [2.05, 4.69) is 18.9 Å². The number of hydrogen-bond acceptors (Lipinski definition) is 3. The first-order valence-corrected chi connectivity index (χ1v) is 6.48. The van der Waals surface area contributed by atoms with Gasteiger partial charge in [0, 0.05) is 23.2 Å². The summed E-state index contributed by atoms with van der Waals surface area (Å²) in [5.41, 5.74) is 8.82. The SMILES string of the molecule is COc1c(-c2cnn(C)c2N)cc(Cl)cc1C(C)C. The molecule has 1 aromatic carbocycles. The molecule has 0 aliphatic rings. The molecule has 19 heavy (non-hydrogen) atoms. The molecule has 0 aliphatic heterocycles. The van der Waals surface area contributed by atoms with Crippen molar-refractivity contribution in [3.05, 3.63) is 28.9 Å². The Labute approximate surface area is 118 Å². The van der Waals surface area contributed by atoms with Gasteiger partial charge in [0.1, 0.15) is 11.6 Å². The molecule has 0 radical (unpaired) electrons. The first-order chi connectivity index (χ1) is 8.95. The van der Waals surface area contributed by atoms with E-state index < -0.39 is 0 Å². The lowest BCUT2D eigenvalue weighted by Gasteiger charge is -2.16. The van der Waals surface area contributed by atoms with Crippen LogP contribution in [0.3, 0.4) is 0 Å². The Kier molecular flexibility index (Phi) is 3.71. The largest absolute Gasteiger partial charge is 0.496 e. The molecule has 0 bridgehead atoms. The van der Waals surface area contributed by atoms with E-state index in [9.17, 15) is 0 Å². The molecule has 0 saturated carbocycles. The Hall–Kier alpha value is -1.68. The molecule has 0 unspecified atom stereocenters. The maximum atomic E-state index is 6.21. The summed E-state index contributed by atoms with van der Waals surface area (Å²) in [7, 11) is 3.46. The molecule has 0 spiro atoms. The van der Waals surface area contributed by atoms with E-state index in [0.717, 1.165) is 22.4 Å². The normalized spacial score (nSPS) is 11.1. The maximum Gasteiger partial charge on any atom is 0.130 e. The second-order valence-electron chi connectivity index (χ2n) is 4.80. The number of aryl methyl sites for hydroxylation is 1. The lowest BCUT2D eigenvalue weighted by atomic mass is 9.96. The Morgan fingerprint density at radius 1 is 1.32 bits per heavy atom. The summed E-state index contributed by atoms with van der Waals surface area (Å²) in [6.07, 6.45) is 1.73. The number of nitrogens with zero attached hydrogens (tertiary/aromatic N) is 2. The second kappa shape index (κ2) is 5.13. The lowest BCUT2D eigenvalue weighted by molar-refractivity contribution is 0.409. The van der Waals surface area contributed by atoms with Gasteiger partial charge in [-0.15, -0.1) is 0 Å². The molecule has 4 nitrogen and oxygen atoms in total. The van der Waals surface area contributed by atoms with Crippen LogP contribution in [0.1, 0.15) is 25.3 Å². The number of benzene rings is 1. The van der Waals surface area contributed by atoms with Gasteiger partial charge < -0.3 is 10.5 Å². The molecule has 0 fully saturated rings. The average Bonchev–Trinajstić information content (AvgIpc) is 2.69. The summed E-state index contributed by atoms with van der Waals surface area (Å²) in [6.45, 7) is 4.20. The van der Waals surface area contributed by atoms with E-state index in [1.165, 1.54) is 0 Å². The van der Waals surface area contributed by atoms with Crippen molar-refractivity contribution in [1.29, 1.82) is 0 Å². The maximum absolute atomic E-state index is 6.21. The molecule has 0 aliphatic carbocycles. The summed E-state index contributed by atoms with van der Waals surface area (Å²) in [4.78, 5) is 0. The average molecular weight is 280 g/mol. The smallest absolute Gasteiger partial charge is 0.130 e. The fourth-order valence-corrected chi connectivity index (χ4v) is 2.35. The van der Waals surface area contributed by atoms with Crippen molar-refractivity contribution in [2.24, 2.45) is 7.05 Å². The van der Waals surface area contributed by atoms with Crippen molar-refractivity contribution in [3.63, 3.8) is 0 Å². The summed E-state index contributed by atoms with van der Waals surface area (Å²) < 4.78 is 7.19. The molecular formula is C14H18ClN3O. The van der Waals surface area contributed by atoms with Crippen LogP contribution < -0.4 is 10.5 Å². The van der Waals surface area contributed by atoms with Gasteiger partial charge in [-0.05, 0) is 23.6 Å². The van der Waals surface area contributed by atoms with Gasteiger partial charge in [-0.1, -0.05) is 25.4 Å². The summed E-state index contributed by atoms with van der Waals surface area (Å²) >= 11 is 6.21. The lowest BCUT2D eigenvalue weighted by Crippen LogP contribution is -2.00. The number of hydrogen-bond donors (Lipinski definition) is 1. The number of nitrogens with two attached hydrogens (primary N) is 1. The fourth-order valence-electron chi connectivity index (χ4n) is 2.13. The van der Waals surface area contributed by atoms with Crippen LogP contribution in [0.15, 0.2) is 18.3 Å².